The van der Waals surface area contributed by atoms with Crippen molar-refractivity contribution in [3.8, 4) is 0 Å². The van der Waals surface area contributed by atoms with Crippen LogP contribution in [0.5, 0.6) is 0 Å². The second-order valence-electron chi connectivity index (χ2n) is 3.02. The van der Waals surface area contributed by atoms with E-state index in [-0.39, 0.29) is 11.1 Å². The number of aryl methyl sites for hydroxylation is 1. The molecule has 0 aromatic heterocycles. The summed E-state index contributed by atoms with van der Waals surface area (Å²) >= 11 is 0. The van der Waals surface area contributed by atoms with Crippen molar-refractivity contribution < 1.29 is 19.1 Å². The largest absolute Gasteiger partial charge is 0.465 e. The summed E-state index contributed by atoms with van der Waals surface area (Å²) in [5, 5.41) is 0. The van der Waals surface area contributed by atoms with E-state index in [1.165, 1.54) is 19.2 Å². The number of esters is 1. The summed E-state index contributed by atoms with van der Waals surface area (Å²) in [6.45, 7) is 1.69. The summed E-state index contributed by atoms with van der Waals surface area (Å²) in [5.41, 5.74) is 1.37. The van der Waals surface area contributed by atoms with Gasteiger partial charge in [0.25, 0.3) is 0 Å². The Labute approximate surface area is 86.9 Å². The van der Waals surface area contributed by atoms with E-state index in [0.717, 1.165) is 0 Å². The Balaban J connectivity index is 3.39. The molecule has 0 atom stereocenters. The van der Waals surface area contributed by atoms with Crippen LogP contribution in [0, 0.1) is 6.92 Å². The molecule has 1 aromatic carbocycles. The summed E-state index contributed by atoms with van der Waals surface area (Å²) in [7, 11) is 1.24. The van der Waals surface area contributed by atoms with Gasteiger partial charge in [-0.25, -0.2) is 4.79 Å². The average Bonchev–Trinajstić information content (AvgIpc) is 2.27. The molecule has 0 saturated heterocycles. The molecular formula is C11H10O4. The number of aldehydes is 2. The number of ether oxygens (including phenoxy) is 1. The van der Waals surface area contributed by atoms with Gasteiger partial charge in [0, 0.05) is 11.1 Å². The normalized spacial score (nSPS) is 9.47. The third-order valence-corrected chi connectivity index (χ3v) is 2.10. The minimum atomic E-state index is -0.586. The van der Waals surface area contributed by atoms with Gasteiger partial charge in [-0.1, -0.05) is 0 Å². The topological polar surface area (TPSA) is 60.4 Å². The molecule has 0 radical (unpaired) electrons. The summed E-state index contributed by atoms with van der Waals surface area (Å²) in [5.74, 6) is -0.586. The molecule has 0 aliphatic carbocycles. The Morgan fingerprint density at radius 1 is 1.20 bits per heavy atom. The number of rotatable bonds is 3. The van der Waals surface area contributed by atoms with Gasteiger partial charge in [0.05, 0.1) is 12.7 Å². The molecule has 0 fully saturated rings. The second-order valence-corrected chi connectivity index (χ2v) is 3.02. The van der Waals surface area contributed by atoms with Crippen LogP contribution in [-0.2, 0) is 4.74 Å². The van der Waals surface area contributed by atoms with E-state index in [1.54, 1.807) is 6.92 Å². The molecule has 78 valence electrons. The van der Waals surface area contributed by atoms with Crippen molar-refractivity contribution >= 4 is 18.5 Å². The zero-order valence-electron chi connectivity index (χ0n) is 8.44. The molecule has 1 aromatic rings. The van der Waals surface area contributed by atoms with E-state index in [9.17, 15) is 14.4 Å². The van der Waals surface area contributed by atoms with E-state index < -0.39 is 5.97 Å². The molecule has 0 aliphatic heterocycles. The van der Waals surface area contributed by atoms with Gasteiger partial charge in [-0.3, -0.25) is 9.59 Å². The molecule has 0 N–H and O–H groups in total. The maximum atomic E-state index is 11.3. The van der Waals surface area contributed by atoms with Crippen LogP contribution in [-0.4, -0.2) is 25.7 Å². The lowest BCUT2D eigenvalue weighted by atomic mass is 10.0. The fraction of sp³-hybridized carbons (Fsp3) is 0.182. The van der Waals surface area contributed by atoms with Crippen LogP contribution >= 0.6 is 0 Å². The first-order chi connectivity index (χ1) is 7.13. The molecule has 15 heavy (non-hydrogen) atoms. The third-order valence-electron chi connectivity index (χ3n) is 2.10. The monoisotopic (exact) mass is 206 g/mol. The van der Waals surface area contributed by atoms with Crippen LogP contribution in [0.1, 0.15) is 36.6 Å². The summed E-state index contributed by atoms with van der Waals surface area (Å²) in [4.78, 5) is 32.6. The highest BCUT2D eigenvalue weighted by Gasteiger charge is 2.13. The van der Waals surface area contributed by atoms with E-state index in [0.29, 0.717) is 23.7 Å². The van der Waals surface area contributed by atoms with Crippen molar-refractivity contribution in [1.29, 1.82) is 0 Å². The molecule has 0 heterocycles. The SMILES string of the molecule is COC(=O)c1cc(C)c(C=O)cc1C=O. The molecule has 4 nitrogen and oxygen atoms in total. The molecule has 0 amide bonds. The molecule has 0 unspecified atom stereocenters. The number of benzene rings is 1. The first-order valence-electron chi connectivity index (χ1n) is 4.27. The minimum absolute atomic E-state index is 0.162. The van der Waals surface area contributed by atoms with Crippen molar-refractivity contribution in [2.45, 2.75) is 6.92 Å². The van der Waals surface area contributed by atoms with E-state index in [1.807, 2.05) is 0 Å². The summed E-state index contributed by atoms with van der Waals surface area (Å²) < 4.78 is 4.52. The highest BCUT2D eigenvalue weighted by atomic mass is 16.5. The molecule has 1 rings (SSSR count). The number of carbonyl (C=O) groups excluding carboxylic acids is 3. The molecule has 0 aliphatic rings. The van der Waals surface area contributed by atoms with Gasteiger partial charge in [0.1, 0.15) is 6.29 Å². The molecule has 0 saturated carbocycles. The lowest BCUT2D eigenvalue weighted by Crippen LogP contribution is -2.07. The van der Waals surface area contributed by atoms with E-state index in [4.69, 9.17) is 0 Å². The predicted octanol–water partition coefficient (Wildman–Crippen LogP) is 1.41. The van der Waals surface area contributed by atoms with Gasteiger partial charge in [0.15, 0.2) is 6.29 Å². The highest BCUT2D eigenvalue weighted by molar-refractivity contribution is 6.00. The predicted molar refractivity (Wildman–Crippen MR) is 53.3 cm³/mol. The van der Waals surface area contributed by atoms with E-state index >= 15 is 0 Å². The van der Waals surface area contributed by atoms with Gasteiger partial charge in [0.2, 0.25) is 0 Å². The Kier molecular flexibility index (Phi) is 3.33. The maximum Gasteiger partial charge on any atom is 0.338 e. The Hall–Kier alpha value is -1.97. The fourth-order valence-electron chi connectivity index (χ4n) is 1.25. The quantitative estimate of drug-likeness (QED) is 0.554. The summed E-state index contributed by atoms with van der Waals surface area (Å²) in [6, 6.07) is 2.85. The molecule has 4 heteroatoms. The Morgan fingerprint density at radius 2 is 1.80 bits per heavy atom. The van der Waals surface area contributed by atoms with Crippen molar-refractivity contribution in [3.63, 3.8) is 0 Å². The first kappa shape index (κ1) is 11.1. The number of hydrogen-bond acceptors (Lipinski definition) is 4. The standard InChI is InChI=1S/C11H10O4/c1-7-3-10(11(14)15-2)9(6-13)4-8(7)5-12/h3-6H,1-2H3. The van der Waals surface area contributed by atoms with Crippen LogP contribution in [0.25, 0.3) is 0 Å². The second kappa shape index (κ2) is 4.50. The van der Waals surface area contributed by atoms with Gasteiger partial charge in [-0.15, -0.1) is 0 Å². The molecule has 0 spiro atoms. The Bertz CT molecular complexity index is 421. The number of methoxy groups -OCH3 is 1. The van der Waals surface area contributed by atoms with Crippen molar-refractivity contribution in [3.05, 3.63) is 34.4 Å². The zero-order chi connectivity index (χ0) is 11.4. The maximum absolute atomic E-state index is 11.3. The molecule has 0 bridgehead atoms. The first-order valence-corrected chi connectivity index (χ1v) is 4.27. The number of hydrogen-bond donors (Lipinski definition) is 0. The van der Waals surface area contributed by atoms with Gasteiger partial charge < -0.3 is 4.74 Å². The van der Waals surface area contributed by atoms with Gasteiger partial charge in [-0.2, -0.15) is 0 Å². The van der Waals surface area contributed by atoms with Crippen LogP contribution < -0.4 is 0 Å². The fourth-order valence-corrected chi connectivity index (χ4v) is 1.25. The highest BCUT2D eigenvalue weighted by Crippen LogP contribution is 2.15. The van der Waals surface area contributed by atoms with Crippen molar-refractivity contribution in [2.75, 3.05) is 7.11 Å². The van der Waals surface area contributed by atoms with Crippen LogP contribution in [0.3, 0.4) is 0 Å². The number of carbonyl (C=O) groups is 3. The van der Waals surface area contributed by atoms with Crippen LogP contribution in [0.4, 0.5) is 0 Å². The van der Waals surface area contributed by atoms with E-state index in [2.05, 4.69) is 4.74 Å². The third kappa shape index (κ3) is 2.10. The van der Waals surface area contributed by atoms with Crippen molar-refractivity contribution in [1.82, 2.24) is 0 Å². The minimum Gasteiger partial charge on any atom is -0.465 e. The van der Waals surface area contributed by atoms with Gasteiger partial charge in [-0.05, 0) is 24.6 Å². The summed E-state index contributed by atoms with van der Waals surface area (Å²) in [6.07, 6.45) is 1.17. The lowest BCUT2D eigenvalue weighted by molar-refractivity contribution is 0.0598. The Morgan fingerprint density at radius 3 is 2.27 bits per heavy atom. The zero-order valence-corrected chi connectivity index (χ0v) is 8.44. The lowest BCUT2D eigenvalue weighted by Gasteiger charge is -2.05. The average molecular weight is 206 g/mol. The van der Waals surface area contributed by atoms with Crippen molar-refractivity contribution in [2.24, 2.45) is 0 Å². The van der Waals surface area contributed by atoms with Gasteiger partial charge >= 0.3 is 5.97 Å². The van der Waals surface area contributed by atoms with Crippen LogP contribution in [0.2, 0.25) is 0 Å². The van der Waals surface area contributed by atoms with Crippen LogP contribution in [0.15, 0.2) is 12.1 Å². The smallest absolute Gasteiger partial charge is 0.338 e. The molecular weight excluding hydrogens is 196 g/mol.